The number of anilines is 1. The summed E-state index contributed by atoms with van der Waals surface area (Å²) in [6, 6.07) is 21.6. The fourth-order valence-corrected chi connectivity index (χ4v) is 6.63. The molecular weight excluding hydrogens is 498 g/mol. The molecule has 6 nitrogen and oxygen atoms in total. The Morgan fingerprint density at radius 2 is 1.57 bits per heavy atom. The normalized spacial score (nSPS) is 19.4. The van der Waals surface area contributed by atoms with Gasteiger partial charge >= 0.3 is 0 Å². The topological polar surface area (TPSA) is 76.7 Å². The fourth-order valence-electron chi connectivity index (χ4n) is 6.63. The Labute approximate surface area is 238 Å². The molecule has 0 aromatic heterocycles. The molecule has 212 valence electrons. The number of piperidine rings is 1. The molecular formula is C34H42N3O3-. The second-order valence-electron chi connectivity index (χ2n) is 11.9. The van der Waals surface area contributed by atoms with Gasteiger partial charge in [-0.3, -0.25) is 4.90 Å². The second kappa shape index (κ2) is 12.0. The van der Waals surface area contributed by atoms with E-state index in [4.69, 9.17) is 4.74 Å². The van der Waals surface area contributed by atoms with Gasteiger partial charge in [-0.15, -0.1) is 0 Å². The standard InChI is InChI=1S/C34H43N3O3/c1-23-24(2)32-29(25(3)30(23)36-33(38)39)21-34(4,40-32)22-37-19-16-26(17-20-37)15-18-35-31(27-11-7-5-8-12-27)28-13-9-6-10-14-28/h5-14,26,31,35-36H,15-22H2,1-4H3,(H,38,39)/p-1. The van der Waals surface area contributed by atoms with E-state index in [9.17, 15) is 9.90 Å². The van der Waals surface area contributed by atoms with Crippen LogP contribution in [0.5, 0.6) is 5.75 Å². The molecule has 0 bridgehead atoms. The smallest absolute Gasteiger partial charge is 0.138 e. The lowest BCUT2D eigenvalue weighted by atomic mass is 9.89. The molecule has 2 aliphatic rings. The van der Waals surface area contributed by atoms with Gasteiger partial charge in [-0.25, -0.2) is 0 Å². The highest BCUT2D eigenvalue weighted by Crippen LogP contribution is 2.45. The minimum atomic E-state index is -1.28. The zero-order valence-corrected chi connectivity index (χ0v) is 24.3. The molecule has 0 aliphatic carbocycles. The van der Waals surface area contributed by atoms with Crippen molar-refractivity contribution < 1.29 is 14.6 Å². The minimum absolute atomic E-state index is 0.210. The third-order valence-electron chi connectivity index (χ3n) is 8.94. The van der Waals surface area contributed by atoms with Crippen molar-refractivity contribution in [2.24, 2.45) is 5.92 Å². The number of ether oxygens (including phenoxy) is 1. The van der Waals surface area contributed by atoms with E-state index in [1.165, 1.54) is 30.4 Å². The number of nitrogens with zero attached hydrogens (tertiary/aromatic N) is 1. The summed E-state index contributed by atoms with van der Waals surface area (Å²) >= 11 is 0. The highest BCUT2D eigenvalue weighted by atomic mass is 16.5. The Bertz CT molecular complexity index is 1280. The summed E-state index contributed by atoms with van der Waals surface area (Å²) in [5.74, 6) is 1.64. The van der Waals surface area contributed by atoms with Gasteiger partial charge in [-0.1, -0.05) is 60.7 Å². The van der Waals surface area contributed by atoms with Crippen LogP contribution in [0.3, 0.4) is 0 Å². The molecule has 0 spiro atoms. The number of carbonyl (C=O) groups excluding carboxylic acids is 1. The predicted molar refractivity (Wildman–Crippen MR) is 159 cm³/mol. The fraction of sp³-hybridized carbons (Fsp3) is 0.441. The van der Waals surface area contributed by atoms with Crippen molar-refractivity contribution in [3.63, 3.8) is 0 Å². The summed E-state index contributed by atoms with van der Waals surface area (Å²) in [4.78, 5) is 13.8. The van der Waals surface area contributed by atoms with Crippen LogP contribution in [0, 0.1) is 26.7 Å². The van der Waals surface area contributed by atoms with Gasteiger partial charge in [-0.05, 0) is 100 Å². The molecule has 2 N–H and O–H groups in total. The number of carboxylic acid groups (broad SMARTS) is 1. The Balaban J connectivity index is 1.14. The van der Waals surface area contributed by atoms with Gasteiger partial charge in [0.1, 0.15) is 17.4 Å². The Kier molecular flexibility index (Phi) is 8.48. The third kappa shape index (κ3) is 6.18. The maximum Gasteiger partial charge on any atom is 0.138 e. The molecule has 6 heteroatoms. The van der Waals surface area contributed by atoms with E-state index >= 15 is 0 Å². The van der Waals surface area contributed by atoms with Crippen molar-refractivity contribution in [3.05, 3.63) is 94.0 Å². The van der Waals surface area contributed by atoms with E-state index in [0.29, 0.717) is 5.69 Å². The summed E-state index contributed by atoms with van der Waals surface area (Å²) in [6.07, 6.45) is 3.07. The molecule has 0 radical (unpaired) electrons. The van der Waals surface area contributed by atoms with Crippen molar-refractivity contribution in [3.8, 4) is 5.75 Å². The van der Waals surface area contributed by atoms with Gasteiger partial charge < -0.3 is 25.3 Å². The Hall–Kier alpha value is -3.35. The van der Waals surface area contributed by atoms with E-state index in [2.05, 4.69) is 83.1 Å². The van der Waals surface area contributed by atoms with Crippen LogP contribution in [-0.4, -0.2) is 42.8 Å². The number of nitrogens with one attached hydrogen (secondary N) is 2. The molecule has 3 aromatic carbocycles. The minimum Gasteiger partial charge on any atom is -0.530 e. The first-order valence-electron chi connectivity index (χ1n) is 14.6. The Morgan fingerprint density at radius 1 is 0.975 bits per heavy atom. The van der Waals surface area contributed by atoms with Crippen molar-refractivity contribution in [2.75, 3.05) is 31.5 Å². The van der Waals surface area contributed by atoms with E-state index in [1.54, 1.807) is 0 Å². The van der Waals surface area contributed by atoms with Gasteiger partial charge in [0.05, 0.1) is 6.04 Å². The number of benzene rings is 3. The summed E-state index contributed by atoms with van der Waals surface area (Å²) in [5, 5.41) is 17.6. The lowest BCUT2D eigenvalue weighted by Crippen LogP contribution is -2.47. The number of hydrogen-bond acceptors (Lipinski definition) is 5. The monoisotopic (exact) mass is 540 g/mol. The number of rotatable bonds is 9. The largest absolute Gasteiger partial charge is 0.530 e. The SMILES string of the molecule is Cc1c(C)c2c(c(C)c1NC(=O)[O-])CC(C)(CN1CCC(CCNC(c3ccccc3)c3ccccc3)CC1)O2. The average molecular weight is 541 g/mol. The molecule has 0 saturated carbocycles. The second-order valence-corrected chi connectivity index (χ2v) is 11.9. The molecule has 1 atom stereocenters. The average Bonchev–Trinajstić information content (AvgIpc) is 3.31. The highest BCUT2D eigenvalue weighted by Gasteiger charge is 2.40. The molecule has 3 aromatic rings. The molecule has 1 saturated heterocycles. The first-order chi connectivity index (χ1) is 19.2. The van der Waals surface area contributed by atoms with Gasteiger partial charge in [0.25, 0.3) is 0 Å². The predicted octanol–water partition coefficient (Wildman–Crippen LogP) is 5.54. The van der Waals surface area contributed by atoms with Crippen LogP contribution < -0.4 is 20.5 Å². The summed E-state index contributed by atoms with van der Waals surface area (Å²) in [5.41, 5.74) is 6.89. The van der Waals surface area contributed by atoms with Crippen LogP contribution >= 0.6 is 0 Å². The van der Waals surface area contributed by atoms with Crippen molar-refractivity contribution in [1.29, 1.82) is 0 Å². The van der Waals surface area contributed by atoms with Crippen molar-refractivity contribution in [2.45, 2.75) is 65.0 Å². The van der Waals surface area contributed by atoms with Gasteiger partial charge in [-0.2, -0.15) is 0 Å². The van der Waals surface area contributed by atoms with E-state index < -0.39 is 6.09 Å². The van der Waals surface area contributed by atoms with Crippen LogP contribution in [0.1, 0.15) is 65.6 Å². The number of fused-ring (bicyclic) bond motifs is 1. The first kappa shape index (κ1) is 28.2. The van der Waals surface area contributed by atoms with Crippen LogP contribution in [0.4, 0.5) is 10.5 Å². The van der Waals surface area contributed by atoms with Crippen LogP contribution in [-0.2, 0) is 6.42 Å². The highest BCUT2D eigenvalue weighted by molar-refractivity contribution is 5.85. The van der Waals surface area contributed by atoms with Crippen molar-refractivity contribution >= 4 is 11.8 Å². The number of carbonyl (C=O) groups is 1. The molecule has 1 unspecified atom stereocenters. The van der Waals surface area contributed by atoms with Gasteiger partial charge in [0.2, 0.25) is 0 Å². The lowest BCUT2D eigenvalue weighted by molar-refractivity contribution is -0.242. The van der Waals surface area contributed by atoms with E-state index in [0.717, 1.165) is 66.5 Å². The summed E-state index contributed by atoms with van der Waals surface area (Å²) in [6.45, 7) is 12.1. The lowest BCUT2D eigenvalue weighted by Gasteiger charge is -2.37. The number of likely N-dealkylation sites (tertiary alicyclic amines) is 1. The van der Waals surface area contributed by atoms with E-state index in [1.807, 2.05) is 20.8 Å². The zero-order valence-electron chi connectivity index (χ0n) is 24.3. The van der Waals surface area contributed by atoms with E-state index in [-0.39, 0.29) is 11.6 Å². The summed E-state index contributed by atoms with van der Waals surface area (Å²) in [7, 11) is 0. The molecule has 5 rings (SSSR count). The Morgan fingerprint density at radius 3 is 2.15 bits per heavy atom. The van der Waals surface area contributed by atoms with Crippen LogP contribution in [0.15, 0.2) is 60.7 Å². The first-order valence-corrected chi connectivity index (χ1v) is 14.6. The third-order valence-corrected chi connectivity index (χ3v) is 8.94. The van der Waals surface area contributed by atoms with Gasteiger partial charge in [0, 0.05) is 24.2 Å². The quantitative estimate of drug-likeness (QED) is 0.373. The maximum absolute atomic E-state index is 11.3. The van der Waals surface area contributed by atoms with Crippen LogP contribution in [0.2, 0.25) is 0 Å². The zero-order chi connectivity index (χ0) is 28.3. The summed E-state index contributed by atoms with van der Waals surface area (Å²) < 4.78 is 6.61. The van der Waals surface area contributed by atoms with Gasteiger partial charge in [0.15, 0.2) is 0 Å². The molecule has 2 aliphatic heterocycles. The molecule has 2 heterocycles. The number of amides is 1. The molecule has 1 fully saturated rings. The van der Waals surface area contributed by atoms with Crippen LogP contribution in [0.25, 0.3) is 0 Å². The number of hydrogen-bond donors (Lipinski definition) is 2. The molecule has 40 heavy (non-hydrogen) atoms. The molecule has 1 amide bonds. The van der Waals surface area contributed by atoms with Crippen molar-refractivity contribution in [1.82, 2.24) is 10.2 Å². The maximum atomic E-state index is 11.3.